The second-order valence-corrected chi connectivity index (χ2v) is 5.03. The molecule has 1 rings (SSSR count). The quantitative estimate of drug-likeness (QED) is 0.742. The van der Waals surface area contributed by atoms with Crippen LogP contribution in [0.25, 0.3) is 0 Å². The first-order chi connectivity index (χ1) is 8.58. The van der Waals surface area contributed by atoms with Crippen molar-refractivity contribution in [2.45, 2.75) is 45.4 Å². The summed E-state index contributed by atoms with van der Waals surface area (Å²) in [7, 11) is 0. The van der Waals surface area contributed by atoms with E-state index in [0.29, 0.717) is 19.2 Å². The standard InChI is InChI=1S/C15H25NO2/c1-12(2)18-11-15(17)10-16-13(3)9-14-7-5-4-6-8-14/h4-8,12-13,15-17H,9-11H2,1-3H3. The SMILES string of the molecule is CC(Cc1ccccc1)NCC(O)COC(C)C. The first-order valence-electron chi connectivity index (χ1n) is 6.65. The highest BCUT2D eigenvalue weighted by molar-refractivity contribution is 5.15. The van der Waals surface area contributed by atoms with Crippen LogP contribution in [0.15, 0.2) is 30.3 Å². The Labute approximate surface area is 110 Å². The summed E-state index contributed by atoms with van der Waals surface area (Å²) in [5.41, 5.74) is 1.31. The van der Waals surface area contributed by atoms with E-state index in [2.05, 4.69) is 24.4 Å². The number of hydrogen-bond donors (Lipinski definition) is 2. The molecule has 2 N–H and O–H groups in total. The normalized spacial score (nSPS) is 14.7. The molecule has 0 fully saturated rings. The second kappa shape index (κ2) is 8.25. The molecule has 0 aliphatic rings. The Bertz CT molecular complexity index is 314. The van der Waals surface area contributed by atoms with Crippen molar-refractivity contribution in [3.63, 3.8) is 0 Å². The molecule has 0 aliphatic carbocycles. The summed E-state index contributed by atoms with van der Waals surface area (Å²) < 4.78 is 5.36. The van der Waals surface area contributed by atoms with E-state index >= 15 is 0 Å². The molecule has 0 bridgehead atoms. The smallest absolute Gasteiger partial charge is 0.0897 e. The summed E-state index contributed by atoms with van der Waals surface area (Å²) in [6, 6.07) is 10.7. The van der Waals surface area contributed by atoms with Crippen LogP contribution < -0.4 is 5.32 Å². The predicted octanol–water partition coefficient (Wildman–Crippen LogP) is 1.99. The van der Waals surface area contributed by atoms with E-state index in [-0.39, 0.29) is 6.10 Å². The minimum Gasteiger partial charge on any atom is -0.389 e. The van der Waals surface area contributed by atoms with Crippen LogP contribution >= 0.6 is 0 Å². The molecule has 0 amide bonds. The average molecular weight is 251 g/mol. The Morgan fingerprint density at radius 1 is 1.17 bits per heavy atom. The van der Waals surface area contributed by atoms with Crippen molar-refractivity contribution < 1.29 is 9.84 Å². The fourth-order valence-electron chi connectivity index (χ4n) is 1.74. The molecule has 1 aromatic rings. The maximum absolute atomic E-state index is 9.73. The van der Waals surface area contributed by atoms with Gasteiger partial charge >= 0.3 is 0 Å². The summed E-state index contributed by atoms with van der Waals surface area (Å²) in [4.78, 5) is 0. The van der Waals surface area contributed by atoms with Gasteiger partial charge in [0.2, 0.25) is 0 Å². The Balaban J connectivity index is 2.18. The summed E-state index contributed by atoms with van der Waals surface area (Å²) in [6.07, 6.45) is 0.700. The zero-order chi connectivity index (χ0) is 13.4. The Morgan fingerprint density at radius 3 is 2.44 bits per heavy atom. The lowest BCUT2D eigenvalue weighted by molar-refractivity contribution is 0.00564. The van der Waals surface area contributed by atoms with Gasteiger partial charge in [-0.05, 0) is 32.8 Å². The summed E-state index contributed by atoms with van der Waals surface area (Å²) in [5, 5.41) is 13.1. The van der Waals surface area contributed by atoms with Crippen LogP contribution in [0, 0.1) is 0 Å². The lowest BCUT2D eigenvalue weighted by atomic mass is 10.1. The van der Waals surface area contributed by atoms with E-state index in [1.807, 2.05) is 32.0 Å². The van der Waals surface area contributed by atoms with Gasteiger partial charge in [-0.15, -0.1) is 0 Å². The zero-order valence-corrected chi connectivity index (χ0v) is 11.6. The van der Waals surface area contributed by atoms with Crippen molar-refractivity contribution in [3.8, 4) is 0 Å². The molecule has 0 saturated carbocycles. The number of rotatable bonds is 8. The summed E-state index contributed by atoms with van der Waals surface area (Å²) >= 11 is 0. The highest BCUT2D eigenvalue weighted by Gasteiger charge is 2.08. The van der Waals surface area contributed by atoms with Crippen molar-refractivity contribution in [2.24, 2.45) is 0 Å². The highest BCUT2D eigenvalue weighted by Crippen LogP contribution is 2.02. The van der Waals surface area contributed by atoms with Gasteiger partial charge in [0.15, 0.2) is 0 Å². The van der Waals surface area contributed by atoms with Crippen molar-refractivity contribution in [1.82, 2.24) is 5.32 Å². The number of benzene rings is 1. The third-order valence-corrected chi connectivity index (χ3v) is 2.71. The van der Waals surface area contributed by atoms with Crippen molar-refractivity contribution in [1.29, 1.82) is 0 Å². The van der Waals surface area contributed by atoms with Crippen molar-refractivity contribution in [2.75, 3.05) is 13.2 Å². The van der Waals surface area contributed by atoms with Crippen LogP contribution in [0.4, 0.5) is 0 Å². The number of aliphatic hydroxyl groups is 1. The molecule has 0 aromatic heterocycles. The van der Waals surface area contributed by atoms with Crippen LogP contribution in [0.2, 0.25) is 0 Å². The van der Waals surface area contributed by atoms with Gasteiger partial charge in [0, 0.05) is 12.6 Å². The zero-order valence-electron chi connectivity index (χ0n) is 11.6. The summed E-state index contributed by atoms with van der Waals surface area (Å²) in [5.74, 6) is 0. The average Bonchev–Trinajstić information content (AvgIpc) is 2.35. The van der Waals surface area contributed by atoms with Gasteiger partial charge in [0.25, 0.3) is 0 Å². The van der Waals surface area contributed by atoms with E-state index in [9.17, 15) is 5.11 Å². The van der Waals surface area contributed by atoms with Gasteiger partial charge in [-0.25, -0.2) is 0 Å². The van der Waals surface area contributed by atoms with E-state index in [1.54, 1.807) is 0 Å². The fraction of sp³-hybridized carbons (Fsp3) is 0.600. The lowest BCUT2D eigenvalue weighted by Gasteiger charge is -2.18. The molecule has 0 aliphatic heterocycles. The minimum absolute atomic E-state index is 0.168. The van der Waals surface area contributed by atoms with Crippen LogP contribution in [-0.4, -0.2) is 36.5 Å². The van der Waals surface area contributed by atoms with Gasteiger partial charge in [-0.3, -0.25) is 0 Å². The maximum atomic E-state index is 9.73. The molecule has 1 aromatic carbocycles. The number of ether oxygens (including phenoxy) is 1. The van der Waals surface area contributed by atoms with Gasteiger partial charge in [-0.1, -0.05) is 30.3 Å². The molecule has 3 nitrogen and oxygen atoms in total. The van der Waals surface area contributed by atoms with E-state index in [4.69, 9.17) is 4.74 Å². The molecule has 0 saturated heterocycles. The first kappa shape index (κ1) is 15.2. The van der Waals surface area contributed by atoms with Gasteiger partial charge in [0.05, 0.1) is 18.8 Å². The number of hydrogen-bond acceptors (Lipinski definition) is 3. The van der Waals surface area contributed by atoms with Crippen LogP contribution in [0.3, 0.4) is 0 Å². The van der Waals surface area contributed by atoms with Crippen LogP contribution in [0.5, 0.6) is 0 Å². The topological polar surface area (TPSA) is 41.5 Å². The third-order valence-electron chi connectivity index (χ3n) is 2.71. The minimum atomic E-state index is -0.439. The molecule has 2 atom stereocenters. The molecule has 2 unspecified atom stereocenters. The molecular formula is C15H25NO2. The first-order valence-corrected chi connectivity index (χ1v) is 6.65. The molecule has 0 radical (unpaired) electrons. The second-order valence-electron chi connectivity index (χ2n) is 5.03. The number of nitrogens with one attached hydrogen (secondary N) is 1. The highest BCUT2D eigenvalue weighted by atomic mass is 16.5. The van der Waals surface area contributed by atoms with E-state index in [0.717, 1.165) is 6.42 Å². The molecule has 18 heavy (non-hydrogen) atoms. The fourth-order valence-corrected chi connectivity index (χ4v) is 1.74. The predicted molar refractivity (Wildman–Crippen MR) is 74.7 cm³/mol. The molecule has 102 valence electrons. The largest absolute Gasteiger partial charge is 0.389 e. The number of aliphatic hydroxyl groups excluding tert-OH is 1. The molecular weight excluding hydrogens is 226 g/mol. The van der Waals surface area contributed by atoms with Crippen molar-refractivity contribution in [3.05, 3.63) is 35.9 Å². The van der Waals surface area contributed by atoms with Gasteiger partial charge < -0.3 is 15.2 Å². The summed E-state index contributed by atoms with van der Waals surface area (Å²) in [6.45, 7) is 7.03. The Kier molecular flexibility index (Phi) is 6.94. The van der Waals surface area contributed by atoms with Gasteiger partial charge in [0.1, 0.15) is 0 Å². The van der Waals surface area contributed by atoms with Crippen LogP contribution in [-0.2, 0) is 11.2 Å². The van der Waals surface area contributed by atoms with Crippen molar-refractivity contribution >= 4 is 0 Å². The van der Waals surface area contributed by atoms with E-state index < -0.39 is 6.10 Å². The van der Waals surface area contributed by atoms with E-state index in [1.165, 1.54) is 5.56 Å². The Morgan fingerprint density at radius 2 is 1.83 bits per heavy atom. The maximum Gasteiger partial charge on any atom is 0.0897 e. The molecule has 3 heteroatoms. The lowest BCUT2D eigenvalue weighted by Crippen LogP contribution is -2.37. The Hall–Kier alpha value is -0.900. The van der Waals surface area contributed by atoms with Gasteiger partial charge in [-0.2, -0.15) is 0 Å². The molecule has 0 spiro atoms. The third kappa shape index (κ3) is 6.74. The van der Waals surface area contributed by atoms with Crippen LogP contribution in [0.1, 0.15) is 26.3 Å². The molecule has 0 heterocycles. The monoisotopic (exact) mass is 251 g/mol.